The summed E-state index contributed by atoms with van der Waals surface area (Å²) < 4.78 is 1.47. The van der Waals surface area contributed by atoms with Gasteiger partial charge in [-0.1, -0.05) is 11.6 Å². The number of nitrogens with one attached hydrogen (secondary N) is 2. The Labute approximate surface area is 126 Å². The zero-order valence-electron chi connectivity index (χ0n) is 9.18. The molecule has 1 aromatic carbocycles. The second-order valence-electron chi connectivity index (χ2n) is 3.25. The lowest BCUT2D eigenvalue weighted by molar-refractivity contribution is 1.28. The molecule has 94 valence electrons. The number of nitrogens with zero attached hydrogens (tertiary/aromatic N) is 2. The molecule has 0 saturated carbocycles. The van der Waals surface area contributed by atoms with Crippen LogP contribution in [-0.4, -0.2) is 11.5 Å². The molecule has 0 atom stereocenters. The van der Waals surface area contributed by atoms with Crippen molar-refractivity contribution in [2.75, 3.05) is 5.43 Å². The van der Waals surface area contributed by atoms with E-state index in [1.54, 1.807) is 19.1 Å². The number of amidine groups is 1. The summed E-state index contributed by atoms with van der Waals surface area (Å²) in [6.07, 6.45) is 0. The molecule has 0 amide bonds. The van der Waals surface area contributed by atoms with Gasteiger partial charge in [0.15, 0.2) is 5.84 Å². The predicted molar refractivity (Wildman–Crippen MR) is 80.2 cm³/mol. The van der Waals surface area contributed by atoms with Gasteiger partial charge in [0.05, 0.1) is 10.7 Å². The smallest absolute Gasteiger partial charge is 0.201 e. The van der Waals surface area contributed by atoms with Crippen molar-refractivity contribution in [3.05, 3.63) is 25.6 Å². The van der Waals surface area contributed by atoms with E-state index in [0.717, 1.165) is 14.5 Å². The maximum atomic E-state index is 8.72. The third-order valence-corrected chi connectivity index (χ3v) is 4.01. The number of hydrazone groups is 1. The zero-order chi connectivity index (χ0) is 13.9. The lowest BCUT2D eigenvalue weighted by atomic mass is 10.2. The second kappa shape index (κ2) is 6.18. The van der Waals surface area contributed by atoms with Crippen molar-refractivity contribution in [3.8, 4) is 6.07 Å². The highest BCUT2D eigenvalue weighted by atomic mass is 79.9. The van der Waals surface area contributed by atoms with Gasteiger partial charge in [-0.25, -0.2) is 0 Å². The summed E-state index contributed by atoms with van der Waals surface area (Å²) >= 11 is 12.7. The number of nitrogens with two attached hydrogens (primary N) is 1. The topological polar surface area (TPSA) is 98.0 Å². The number of anilines is 1. The van der Waals surface area contributed by atoms with Crippen molar-refractivity contribution in [1.82, 2.24) is 0 Å². The Hall–Kier alpha value is -1.10. The monoisotopic (exact) mass is 391 g/mol. The van der Waals surface area contributed by atoms with Gasteiger partial charge in [0, 0.05) is 8.95 Å². The Bertz CT molecular complexity index is 577. The van der Waals surface area contributed by atoms with Gasteiger partial charge in [-0.2, -0.15) is 10.4 Å². The van der Waals surface area contributed by atoms with Crippen LogP contribution in [0.1, 0.15) is 5.56 Å². The molecule has 0 unspecified atom stereocenters. The Kier molecular flexibility index (Phi) is 5.14. The molecule has 0 bridgehead atoms. The maximum absolute atomic E-state index is 8.72. The number of rotatable bonds is 3. The summed E-state index contributed by atoms with van der Waals surface area (Å²) in [7, 11) is 0. The molecule has 0 aliphatic heterocycles. The molecule has 8 heteroatoms. The molecular formula is C10H8Br2ClN5. The van der Waals surface area contributed by atoms with E-state index in [0.29, 0.717) is 10.7 Å². The van der Waals surface area contributed by atoms with Gasteiger partial charge < -0.3 is 5.73 Å². The van der Waals surface area contributed by atoms with Gasteiger partial charge >= 0.3 is 0 Å². The fourth-order valence-electron chi connectivity index (χ4n) is 1.11. The number of hydrogen-bond donors (Lipinski definition) is 3. The average molecular weight is 393 g/mol. The zero-order valence-corrected chi connectivity index (χ0v) is 13.1. The molecule has 4 N–H and O–H groups in total. The first-order valence-corrected chi connectivity index (χ1v) is 6.57. The van der Waals surface area contributed by atoms with E-state index in [-0.39, 0.29) is 5.71 Å². The van der Waals surface area contributed by atoms with Crippen LogP contribution in [0.3, 0.4) is 0 Å². The van der Waals surface area contributed by atoms with E-state index < -0.39 is 5.84 Å². The third-order valence-electron chi connectivity index (χ3n) is 2.05. The van der Waals surface area contributed by atoms with Gasteiger partial charge in [0.25, 0.3) is 0 Å². The number of halogens is 3. The van der Waals surface area contributed by atoms with Gasteiger partial charge in [0.1, 0.15) is 6.07 Å². The molecule has 0 aliphatic rings. The van der Waals surface area contributed by atoms with E-state index in [1.165, 1.54) is 0 Å². The van der Waals surface area contributed by atoms with Crippen LogP contribution < -0.4 is 11.2 Å². The number of nitriles is 1. The Morgan fingerprint density at radius 3 is 2.67 bits per heavy atom. The van der Waals surface area contributed by atoms with Crippen molar-refractivity contribution in [2.24, 2.45) is 10.8 Å². The predicted octanol–water partition coefficient (Wildman–Crippen LogP) is 3.40. The fourth-order valence-corrected chi connectivity index (χ4v) is 2.71. The molecule has 1 aromatic rings. The van der Waals surface area contributed by atoms with Crippen LogP contribution in [-0.2, 0) is 0 Å². The van der Waals surface area contributed by atoms with Crippen LogP contribution in [0.15, 0.2) is 20.1 Å². The minimum absolute atomic E-state index is 0.194. The second-order valence-corrected chi connectivity index (χ2v) is 5.34. The number of hydrogen-bond acceptors (Lipinski definition) is 4. The molecule has 5 nitrogen and oxygen atoms in total. The van der Waals surface area contributed by atoms with Crippen LogP contribution in [0, 0.1) is 23.7 Å². The molecule has 0 heterocycles. The molecule has 0 spiro atoms. The average Bonchev–Trinajstić information content (AvgIpc) is 2.30. The summed E-state index contributed by atoms with van der Waals surface area (Å²) in [6.45, 7) is 1.80. The van der Waals surface area contributed by atoms with Crippen LogP contribution in [0.5, 0.6) is 0 Å². The normalized spacial score (nSPS) is 10.9. The largest absolute Gasteiger partial charge is 0.382 e. The molecule has 0 radical (unpaired) electrons. The van der Waals surface area contributed by atoms with Crippen LogP contribution >= 0.6 is 43.5 Å². The Morgan fingerprint density at radius 1 is 1.56 bits per heavy atom. The highest BCUT2D eigenvalue weighted by Crippen LogP contribution is 2.37. The van der Waals surface area contributed by atoms with Crippen molar-refractivity contribution < 1.29 is 0 Å². The quantitative estimate of drug-likeness (QED) is 0.318. The maximum Gasteiger partial charge on any atom is 0.201 e. The van der Waals surface area contributed by atoms with Gasteiger partial charge in [-0.15, -0.1) is 0 Å². The van der Waals surface area contributed by atoms with Gasteiger partial charge in [-0.3, -0.25) is 10.8 Å². The van der Waals surface area contributed by atoms with E-state index >= 15 is 0 Å². The van der Waals surface area contributed by atoms with Crippen molar-refractivity contribution in [3.63, 3.8) is 0 Å². The minimum Gasteiger partial charge on any atom is -0.382 e. The highest BCUT2D eigenvalue weighted by Gasteiger charge is 2.11. The van der Waals surface area contributed by atoms with E-state index in [2.05, 4.69) is 42.4 Å². The first kappa shape index (κ1) is 15.0. The first-order chi connectivity index (χ1) is 8.38. The summed E-state index contributed by atoms with van der Waals surface area (Å²) in [6, 6.07) is 3.47. The van der Waals surface area contributed by atoms with Crippen molar-refractivity contribution in [1.29, 1.82) is 10.7 Å². The van der Waals surface area contributed by atoms with E-state index in [4.69, 9.17) is 28.0 Å². The van der Waals surface area contributed by atoms with Crippen LogP contribution in [0.25, 0.3) is 0 Å². The summed E-state index contributed by atoms with van der Waals surface area (Å²) in [5.74, 6) is -0.401. The first-order valence-electron chi connectivity index (χ1n) is 4.60. The van der Waals surface area contributed by atoms with E-state index in [1.807, 2.05) is 0 Å². The molecule has 0 aliphatic carbocycles. The summed E-state index contributed by atoms with van der Waals surface area (Å²) in [5.41, 5.74) is 9.03. The number of benzene rings is 1. The molecular weight excluding hydrogens is 385 g/mol. The lowest BCUT2D eigenvalue weighted by Gasteiger charge is -2.11. The highest BCUT2D eigenvalue weighted by molar-refractivity contribution is 9.11. The van der Waals surface area contributed by atoms with Crippen LogP contribution in [0.4, 0.5) is 5.69 Å². The molecule has 0 saturated heterocycles. The van der Waals surface area contributed by atoms with Gasteiger partial charge in [0.2, 0.25) is 5.71 Å². The summed E-state index contributed by atoms with van der Waals surface area (Å²) in [4.78, 5) is 0. The fraction of sp³-hybridized carbons (Fsp3) is 0.100. The molecule has 18 heavy (non-hydrogen) atoms. The van der Waals surface area contributed by atoms with Gasteiger partial charge in [-0.05, 0) is 50.4 Å². The Balaban J connectivity index is 3.18. The standard InChI is InChI=1S/C10H8Br2ClN5/c1-4-8(13)5(11)2-6(12)9(4)18-17-7(3-14)10(15)16/h2,18H,1H3,(H3,15,16)/b17-7+. The SMILES string of the molecule is Cc1c(Cl)c(Br)cc(Br)c1N/N=C(\C#N)C(=N)N. The van der Waals surface area contributed by atoms with Crippen LogP contribution in [0.2, 0.25) is 5.02 Å². The summed E-state index contributed by atoms with van der Waals surface area (Å²) in [5, 5.41) is 20.2. The molecule has 0 fully saturated rings. The van der Waals surface area contributed by atoms with Crippen molar-refractivity contribution >= 4 is 60.7 Å². The van der Waals surface area contributed by atoms with E-state index in [9.17, 15) is 0 Å². The van der Waals surface area contributed by atoms with Crippen molar-refractivity contribution in [2.45, 2.75) is 6.92 Å². The lowest BCUT2D eigenvalue weighted by Crippen LogP contribution is -2.22. The molecule has 0 aromatic heterocycles. The molecule has 1 rings (SSSR count). The minimum atomic E-state index is -0.401. The Morgan fingerprint density at radius 2 is 2.17 bits per heavy atom. The third kappa shape index (κ3) is 3.22.